The zero-order valence-electron chi connectivity index (χ0n) is 13.2. The molecule has 0 saturated heterocycles. The van der Waals surface area contributed by atoms with Crippen LogP contribution in [-0.4, -0.2) is 55.5 Å². The summed E-state index contributed by atoms with van der Waals surface area (Å²) in [6.07, 6.45) is 3.41. The van der Waals surface area contributed by atoms with E-state index in [1.807, 2.05) is 18.0 Å². The average Bonchev–Trinajstić information content (AvgIpc) is 3.31. The Hall–Kier alpha value is -1.39. The Balaban J connectivity index is 1.52. The average molecular weight is 289 g/mol. The second-order valence-corrected chi connectivity index (χ2v) is 5.99. The van der Waals surface area contributed by atoms with E-state index in [0.29, 0.717) is 12.6 Å². The predicted octanol–water partition coefficient (Wildman–Crippen LogP) is 1.72. The van der Waals surface area contributed by atoms with Gasteiger partial charge in [0.25, 0.3) is 0 Å². The Labute approximate surface area is 128 Å². The maximum Gasteiger partial charge on any atom is 0.236 e. The number of hydrogen-bond acceptors (Lipinski definition) is 3. The van der Waals surface area contributed by atoms with E-state index in [9.17, 15) is 4.79 Å². The summed E-state index contributed by atoms with van der Waals surface area (Å²) in [6.45, 7) is 3.37. The molecule has 1 saturated carbocycles. The van der Waals surface area contributed by atoms with Gasteiger partial charge in [-0.25, -0.2) is 0 Å². The van der Waals surface area contributed by atoms with E-state index in [-0.39, 0.29) is 5.91 Å². The van der Waals surface area contributed by atoms with Crippen LogP contribution >= 0.6 is 0 Å². The second kappa shape index (κ2) is 8.15. The first-order chi connectivity index (χ1) is 10.2. The topological polar surface area (TPSA) is 35.6 Å². The van der Waals surface area contributed by atoms with Gasteiger partial charge in [0.2, 0.25) is 5.91 Å². The maximum absolute atomic E-state index is 11.8. The molecule has 0 aromatic heterocycles. The summed E-state index contributed by atoms with van der Waals surface area (Å²) in [6, 6.07) is 11.0. The molecule has 0 heterocycles. The van der Waals surface area contributed by atoms with Crippen molar-refractivity contribution >= 4 is 5.91 Å². The minimum absolute atomic E-state index is 0.218. The highest BCUT2D eigenvalue weighted by Crippen LogP contribution is 2.24. The van der Waals surface area contributed by atoms with E-state index in [0.717, 1.165) is 26.1 Å². The van der Waals surface area contributed by atoms with Gasteiger partial charge < -0.3 is 15.1 Å². The molecule has 1 fully saturated rings. The van der Waals surface area contributed by atoms with Gasteiger partial charge in [0.1, 0.15) is 0 Å². The highest BCUT2D eigenvalue weighted by Gasteiger charge is 2.28. The molecule has 116 valence electrons. The molecule has 0 radical (unpaired) electrons. The molecule has 0 aliphatic heterocycles. The van der Waals surface area contributed by atoms with E-state index in [2.05, 4.69) is 41.5 Å². The van der Waals surface area contributed by atoms with Crippen molar-refractivity contribution in [1.82, 2.24) is 15.1 Å². The molecule has 0 bridgehead atoms. The lowest BCUT2D eigenvalue weighted by Gasteiger charge is -2.18. The van der Waals surface area contributed by atoms with E-state index < -0.39 is 0 Å². The summed E-state index contributed by atoms with van der Waals surface area (Å²) in [4.78, 5) is 16.0. The van der Waals surface area contributed by atoms with Crippen LogP contribution in [0, 0.1) is 0 Å². The standard InChI is InChI=1S/C17H27N3O/c1-19(14-15-7-4-3-5-8-15)12-6-11-18-13-17(21)20(2)16-9-10-16/h3-5,7-8,16,18H,6,9-14H2,1-2H3. The van der Waals surface area contributed by atoms with Gasteiger partial charge in [-0.2, -0.15) is 0 Å². The second-order valence-electron chi connectivity index (χ2n) is 5.99. The summed E-state index contributed by atoms with van der Waals surface area (Å²) in [7, 11) is 4.05. The Morgan fingerprint density at radius 2 is 1.95 bits per heavy atom. The van der Waals surface area contributed by atoms with Crippen molar-refractivity contribution in [2.24, 2.45) is 0 Å². The number of rotatable bonds is 9. The number of benzene rings is 1. The Morgan fingerprint density at radius 1 is 1.24 bits per heavy atom. The van der Waals surface area contributed by atoms with Crippen molar-refractivity contribution < 1.29 is 4.79 Å². The third kappa shape index (κ3) is 5.86. The number of nitrogens with zero attached hydrogens (tertiary/aromatic N) is 2. The summed E-state index contributed by atoms with van der Waals surface area (Å²) >= 11 is 0. The molecule has 2 rings (SSSR count). The minimum Gasteiger partial charge on any atom is -0.342 e. The first-order valence-electron chi connectivity index (χ1n) is 7.85. The van der Waals surface area contributed by atoms with Crippen LogP contribution in [0.4, 0.5) is 0 Å². The van der Waals surface area contributed by atoms with Gasteiger partial charge >= 0.3 is 0 Å². The lowest BCUT2D eigenvalue weighted by atomic mass is 10.2. The van der Waals surface area contributed by atoms with Crippen molar-refractivity contribution in [3.05, 3.63) is 35.9 Å². The van der Waals surface area contributed by atoms with Crippen LogP contribution in [0.3, 0.4) is 0 Å². The molecular formula is C17H27N3O. The number of hydrogen-bond donors (Lipinski definition) is 1. The lowest BCUT2D eigenvalue weighted by molar-refractivity contribution is -0.129. The zero-order chi connectivity index (χ0) is 15.1. The van der Waals surface area contributed by atoms with Crippen LogP contribution in [0.2, 0.25) is 0 Å². The molecule has 1 amide bonds. The molecule has 4 heteroatoms. The highest BCUT2D eigenvalue weighted by atomic mass is 16.2. The largest absolute Gasteiger partial charge is 0.342 e. The zero-order valence-corrected chi connectivity index (χ0v) is 13.2. The normalized spacial score (nSPS) is 14.4. The molecular weight excluding hydrogens is 262 g/mol. The monoisotopic (exact) mass is 289 g/mol. The molecule has 1 aliphatic rings. The van der Waals surface area contributed by atoms with Crippen LogP contribution < -0.4 is 5.32 Å². The molecule has 0 unspecified atom stereocenters. The van der Waals surface area contributed by atoms with Gasteiger partial charge in [0, 0.05) is 19.6 Å². The van der Waals surface area contributed by atoms with Crippen molar-refractivity contribution in [2.75, 3.05) is 33.7 Å². The third-order valence-corrected chi connectivity index (χ3v) is 3.95. The molecule has 0 spiro atoms. The summed E-state index contributed by atoms with van der Waals surface area (Å²) < 4.78 is 0. The van der Waals surface area contributed by atoms with E-state index >= 15 is 0 Å². The number of carbonyl (C=O) groups is 1. The fraction of sp³-hybridized carbons (Fsp3) is 0.588. The van der Waals surface area contributed by atoms with Crippen molar-refractivity contribution in [1.29, 1.82) is 0 Å². The van der Waals surface area contributed by atoms with Gasteiger partial charge in [-0.05, 0) is 45.0 Å². The minimum atomic E-state index is 0.218. The van der Waals surface area contributed by atoms with E-state index in [1.54, 1.807) is 0 Å². The van der Waals surface area contributed by atoms with Crippen LogP contribution in [0.25, 0.3) is 0 Å². The molecule has 0 atom stereocenters. The van der Waals surface area contributed by atoms with Gasteiger partial charge in [-0.15, -0.1) is 0 Å². The van der Waals surface area contributed by atoms with E-state index in [4.69, 9.17) is 0 Å². The van der Waals surface area contributed by atoms with E-state index in [1.165, 1.54) is 18.4 Å². The van der Waals surface area contributed by atoms with Crippen molar-refractivity contribution in [2.45, 2.75) is 31.8 Å². The molecule has 1 aromatic rings. The highest BCUT2D eigenvalue weighted by molar-refractivity contribution is 5.78. The lowest BCUT2D eigenvalue weighted by Crippen LogP contribution is -2.37. The quantitative estimate of drug-likeness (QED) is 0.703. The van der Waals surface area contributed by atoms with Crippen LogP contribution in [0.15, 0.2) is 30.3 Å². The van der Waals surface area contributed by atoms with Gasteiger partial charge in [0.15, 0.2) is 0 Å². The van der Waals surface area contributed by atoms with Gasteiger partial charge in [-0.1, -0.05) is 30.3 Å². The third-order valence-electron chi connectivity index (χ3n) is 3.95. The summed E-state index contributed by atoms with van der Waals surface area (Å²) in [5.41, 5.74) is 1.34. The summed E-state index contributed by atoms with van der Waals surface area (Å²) in [5.74, 6) is 0.218. The SMILES string of the molecule is CN(CCCNCC(=O)N(C)C1CC1)Cc1ccccc1. The molecule has 1 N–H and O–H groups in total. The van der Waals surface area contributed by atoms with Crippen molar-refractivity contribution in [3.63, 3.8) is 0 Å². The molecule has 1 aromatic carbocycles. The smallest absolute Gasteiger partial charge is 0.236 e. The van der Waals surface area contributed by atoms with Gasteiger partial charge in [0.05, 0.1) is 6.54 Å². The number of amides is 1. The summed E-state index contributed by atoms with van der Waals surface area (Å²) in [5, 5.41) is 3.25. The van der Waals surface area contributed by atoms with Gasteiger partial charge in [-0.3, -0.25) is 4.79 Å². The predicted molar refractivity (Wildman–Crippen MR) is 86.1 cm³/mol. The first kappa shape index (κ1) is 16.0. The van der Waals surface area contributed by atoms with Crippen LogP contribution in [0.1, 0.15) is 24.8 Å². The molecule has 1 aliphatic carbocycles. The maximum atomic E-state index is 11.8. The fourth-order valence-corrected chi connectivity index (χ4v) is 2.43. The number of carbonyl (C=O) groups excluding carboxylic acids is 1. The Bertz CT molecular complexity index is 431. The van der Waals surface area contributed by atoms with Crippen LogP contribution in [0.5, 0.6) is 0 Å². The molecule has 4 nitrogen and oxygen atoms in total. The van der Waals surface area contributed by atoms with Crippen molar-refractivity contribution in [3.8, 4) is 0 Å². The first-order valence-corrected chi connectivity index (χ1v) is 7.85. The fourth-order valence-electron chi connectivity index (χ4n) is 2.43. The Morgan fingerprint density at radius 3 is 2.62 bits per heavy atom. The Kier molecular flexibility index (Phi) is 6.21. The number of likely N-dealkylation sites (N-methyl/N-ethyl adjacent to an activating group) is 1. The number of nitrogens with one attached hydrogen (secondary N) is 1. The van der Waals surface area contributed by atoms with Crippen LogP contribution in [-0.2, 0) is 11.3 Å². The molecule has 21 heavy (non-hydrogen) atoms.